The van der Waals surface area contributed by atoms with Gasteiger partial charge in [0.15, 0.2) is 5.52 Å². The Hall–Kier alpha value is -2.76. The summed E-state index contributed by atoms with van der Waals surface area (Å²) in [6.07, 6.45) is 1.15. The summed E-state index contributed by atoms with van der Waals surface area (Å²) in [5.41, 5.74) is 3.88. The van der Waals surface area contributed by atoms with Gasteiger partial charge in [0, 0.05) is 20.0 Å². The topological polar surface area (TPSA) is 59.2 Å². The summed E-state index contributed by atoms with van der Waals surface area (Å²) < 4.78 is 17.8. The summed E-state index contributed by atoms with van der Waals surface area (Å²) in [5, 5.41) is 7.77. The van der Waals surface area contributed by atoms with Crippen molar-refractivity contribution in [2.24, 2.45) is 0 Å². The van der Waals surface area contributed by atoms with Crippen LogP contribution in [0.1, 0.15) is 25.0 Å². The molecule has 0 N–H and O–H groups in total. The first-order valence-electron chi connectivity index (χ1n) is 7.82. The van der Waals surface area contributed by atoms with E-state index in [1.54, 1.807) is 18.2 Å². The summed E-state index contributed by atoms with van der Waals surface area (Å²) in [6, 6.07) is 10.0. The van der Waals surface area contributed by atoms with Crippen molar-refractivity contribution >= 4 is 23.0 Å². The van der Waals surface area contributed by atoms with Crippen molar-refractivity contribution in [3.05, 3.63) is 53.3 Å². The zero-order valence-electron chi connectivity index (χ0n) is 14.0. The van der Waals surface area contributed by atoms with Crippen molar-refractivity contribution in [2.75, 3.05) is 11.9 Å². The Labute approximate surface area is 140 Å². The van der Waals surface area contributed by atoms with E-state index in [0.717, 1.165) is 23.1 Å². The maximum atomic E-state index is 13.0. The zero-order valence-corrected chi connectivity index (χ0v) is 14.0. The van der Waals surface area contributed by atoms with Crippen molar-refractivity contribution in [2.45, 2.75) is 26.8 Å². The molecule has 5 nitrogen and oxygen atoms in total. The molecule has 0 saturated carbocycles. The number of halogens is 1. The van der Waals surface area contributed by atoms with Crippen LogP contribution in [0.5, 0.6) is 0 Å². The lowest BCUT2D eigenvalue weighted by molar-refractivity contribution is -0.107. The van der Waals surface area contributed by atoms with Crippen LogP contribution in [0, 0.1) is 5.82 Å². The van der Waals surface area contributed by atoms with E-state index < -0.39 is 0 Å². The van der Waals surface area contributed by atoms with Crippen molar-refractivity contribution in [1.82, 2.24) is 10.3 Å². The van der Waals surface area contributed by atoms with Gasteiger partial charge in [0.1, 0.15) is 17.6 Å². The molecule has 0 radical (unpaired) electrons. The summed E-state index contributed by atoms with van der Waals surface area (Å²) in [6.45, 7) is 4.58. The predicted octanol–water partition coefficient (Wildman–Crippen LogP) is 3.77. The van der Waals surface area contributed by atoms with Gasteiger partial charge in [-0.05, 0) is 45.7 Å². The molecule has 0 fully saturated rings. The van der Waals surface area contributed by atoms with Crippen LogP contribution in [0.2, 0.25) is 0 Å². The number of hydrogen-bond acceptors (Lipinski definition) is 5. The van der Waals surface area contributed by atoms with Crippen molar-refractivity contribution in [3.63, 3.8) is 0 Å². The molecule has 24 heavy (non-hydrogen) atoms. The lowest BCUT2D eigenvalue weighted by atomic mass is 10.1. The fraction of sp³-hybridized carbons (Fsp3) is 0.278. The van der Waals surface area contributed by atoms with Gasteiger partial charge in [-0.3, -0.25) is 0 Å². The molecule has 1 aromatic heterocycles. The molecule has 0 unspecified atom stereocenters. The van der Waals surface area contributed by atoms with E-state index in [1.807, 2.05) is 31.9 Å². The number of anilines is 1. The van der Waals surface area contributed by atoms with Crippen molar-refractivity contribution < 1.29 is 13.8 Å². The van der Waals surface area contributed by atoms with Crippen molar-refractivity contribution in [3.8, 4) is 0 Å². The molecular formula is C18H20FN3O2. The third-order valence-electron chi connectivity index (χ3n) is 3.46. The highest BCUT2D eigenvalue weighted by Crippen LogP contribution is 2.27. The van der Waals surface area contributed by atoms with E-state index in [1.165, 1.54) is 12.1 Å². The Bertz CT molecular complexity index is 800. The molecule has 0 spiro atoms. The van der Waals surface area contributed by atoms with Crippen LogP contribution < -0.4 is 4.90 Å². The lowest BCUT2D eigenvalue weighted by Gasteiger charge is -2.20. The highest BCUT2D eigenvalue weighted by atomic mass is 19.1. The number of aldehydes is 1. The fourth-order valence-corrected chi connectivity index (χ4v) is 2.38. The van der Waals surface area contributed by atoms with E-state index in [9.17, 15) is 9.18 Å². The van der Waals surface area contributed by atoms with Crippen LogP contribution in [0.15, 0.2) is 41.0 Å². The van der Waals surface area contributed by atoms with E-state index in [0.29, 0.717) is 24.0 Å². The SMILES string of the molecule is CC.CN(Cc1ccc(F)cc1)c1cc(CC=O)cc2nonc12. The smallest absolute Gasteiger partial charge is 0.158 e. The Morgan fingerprint density at radius 2 is 1.83 bits per heavy atom. The molecule has 0 aliphatic carbocycles. The highest BCUT2D eigenvalue weighted by Gasteiger charge is 2.13. The second-order valence-corrected chi connectivity index (χ2v) is 5.10. The molecule has 2 aromatic carbocycles. The minimum absolute atomic E-state index is 0.262. The molecule has 0 aliphatic heterocycles. The number of nitrogens with zero attached hydrogens (tertiary/aromatic N) is 3. The average molecular weight is 329 g/mol. The minimum Gasteiger partial charge on any atom is -0.368 e. The van der Waals surface area contributed by atoms with E-state index in [2.05, 4.69) is 10.3 Å². The predicted molar refractivity (Wildman–Crippen MR) is 91.4 cm³/mol. The summed E-state index contributed by atoms with van der Waals surface area (Å²) in [5.74, 6) is -0.262. The normalized spacial score (nSPS) is 10.2. The van der Waals surface area contributed by atoms with Crippen LogP contribution in [0.25, 0.3) is 11.0 Å². The van der Waals surface area contributed by atoms with Gasteiger partial charge in [-0.15, -0.1) is 0 Å². The first kappa shape index (κ1) is 17.6. The molecule has 6 heteroatoms. The number of aromatic nitrogens is 2. The number of benzene rings is 2. The molecule has 0 bridgehead atoms. The van der Waals surface area contributed by atoms with Gasteiger partial charge in [0.25, 0.3) is 0 Å². The monoisotopic (exact) mass is 329 g/mol. The molecule has 0 amide bonds. The quantitative estimate of drug-likeness (QED) is 0.667. The second-order valence-electron chi connectivity index (χ2n) is 5.10. The molecule has 0 atom stereocenters. The maximum absolute atomic E-state index is 13.0. The van der Waals surface area contributed by atoms with Crippen LogP contribution in [-0.2, 0) is 17.8 Å². The fourth-order valence-electron chi connectivity index (χ4n) is 2.38. The Morgan fingerprint density at radius 1 is 1.12 bits per heavy atom. The van der Waals surface area contributed by atoms with Crippen LogP contribution in [0.4, 0.5) is 10.1 Å². The number of carbonyl (C=O) groups is 1. The molecule has 3 aromatic rings. The van der Waals surface area contributed by atoms with Gasteiger partial charge in [0.2, 0.25) is 0 Å². The number of rotatable bonds is 5. The third-order valence-corrected chi connectivity index (χ3v) is 3.46. The number of fused-ring (bicyclic) bond motifs is 1. The van der Waals surface area contributed by atoms with E-state index >= 15 is 0 Å². The van der Waals surface area contributed by atoms with E-state index in [4.69, 9.17) is 4.63 Å². The molecule has 0 aliphatic rings. The molecular weight excluding hydrogens is 309 g/mol. The van der Waals surface area contributed by atoms with Gasteiger partial charge in [-0.2, -0.15) is 0 Å². The second kappa shape index (κ2) is 8.19. The number of hydrogen-bond donors (Lipinski definition) is 0. The first-order valence-corrected chi connectivity index (χ1v) is 7.82. The Kier molecular flexibility index (Phi) is 6.01. The Balaban J connectivity index is 0.00000100. The standard InChI is InChI=1S/C16H14FN3O2.C2H6/c1-20(10-11-2-4-13(17)5-3-11)15-9-12(6-7-21)8-14-16(15)19-22-18-14;1-2/h2-5,7-9H,6,10H2,1H3;1-2H3. The van der Waals surface area contributed by atoms with E-state index in [-0.39, 0.29) is 5.82 Å². The summed E-state index contributed by atoms with van der Waals surface area (Å²) in [4.78, 5) is 12.7. The zero-order chi connectivity index (χ0) is 17.5. The van der Waals surface area contributed by atoms with Crippen molar-refractivity contribution in [1.29, 1.82) is 0 Å². The van der Waals surface area contributed by atoms with Gasteiger partial charge in [-0.25, -0.2) is 9.02 Å². The lowest BCUT2D eigenvalue weighted by Crippen LogP contribution is -2.17. The minimum atomic E-state index is -0.262. The van der Waals surface area contributed by atoms with Gasteiger partial charge < -0.3 is 9.69 Å². The maximum Gasteiger partial charge on any atom is 0.158 e. The average Bonchev–Trinajstić information content (AvgIpc) is 3.07. The van der Waals surface area contributed by atoms with Gasteiger partial charge >= 0.3 is 0 Å². The van der Waals surface area contributed by atoms with Gasteiger partial charge in [-0.1, -0.05) is 26.0 Å². The summed E-state index contributed by atoms with van der Waals surface area (Å²) >= 11 is 0. The molecule has 1 heterocycles. The van der Waals surface area contributed by atoms with Gasteiger partial charge in [0.05, 0.1) is 5.69 Å². The molecule has 126 valence electrons. The Morgan fingerprint density at radius 3 is 2.50 bits per heavy atom. The van der Waals surface area contributed by atoms with Crippen LogP contribution in [0.3, 0.4) is 0 Å². The molecule has 3 rings (SSSR count). The largest absolute Gasteiger partial charge is 0.368 e. The third kappa shape index (κ3) is 3.95. The molecule has 0 saturated heterocycles. The first-order chi connectivity index (χ1) is 11.7. The number of carbonyl (C=O) groups excluding carboxylic acids is 1. The van der Waals surface area contributed by atoms with Crippen LogP contribution in [-0.4, -0.2) is 23.6 Å². The highest BCUT2D eigenvalue weighted by molar-refractivity contribution is 5.88. The summed E-state index contributed by atoms with van der Waals surface area (Å²) in [7, 11) is 1.90. The van der Waals surface area contributed by atoms with Crippen LogP contribution >= 0.6 is 0 Å².